The number of carbonyl (C=O) groups is 4. The van der Waals surface area contributed by atoms with Crippen LogP contribution in [0.15, 0.2) is 43.0 Å². The minimum Gasteiger partial charge on any atom is -0.480 e. The van der Waals surface area contributed by atoms with Gasteiger partial charge in [-0.05, 0) is 24.8 Å². The number of rotatable bonds is 11. The molecule has 0 spiro atoms. The number of piperazine rings is 1. The second kappa shape index (κ2) is 13.0. The number of aliphatic carboxylic acids is 1. The molecule has 1 aromatic rings. The fraction of sp³-hybridized carbons (Fsp3) is 0.455. The van der Waals surface area contributed by atoms with Crippen LogP contribution in [-0.4, -0.2) is 77.8 Å². The first-order valence-corrected chi connectivity index (χ1v) is 10.4. The second-order valence-corrected chi connectivity index (χ2v) is 7.30. The molecule has 1 aliphatic rings. The minimum atomic E-state index is -1.11. The van der Waals surface area contributed by atoms with Gasteiger partial charge in [-0.2, -0.15) is 0 Å². The van der Waals surface area contributed by atoms with Crippen LogP contribution < -0.4 is 5.32 Å². The van der Waals surface area contributed by atoms with E-state index in [0.29, 0.717) is 25.8 Å². The maximum absolute atomic E-state index is 12.3. The number of alkyl carbamates (subject to hydrolysis) is 1. The van der Waals surface area contributed by atoms with E-state index in [-0.39, 0.29) is 32.3 Å². The summed E-state index contributed by atoms with van der Waals surface area (Å²) in [5, 5.41) is 11.7. The molecular weight excluding hydrogens is 418 g/mol. The van der Waals surface area contributed by atoms with Crippen molar-refractivity contribution in [2.24, 2.45) is 0 Å². The lowest BCUT2D eigenvalue weighted by Crippen LogP contribution is -2.58. The number of carboxylic acid groups (broad SMARTS) is 1. The van der Waals surface area contributed by atoms with Gasteiger partial charge >= 0.3 is 18.2 Å². The highest BCUT2D eigenvalue weighted by Gasteiger charge is 2.36. The highest BCUT2D eigenvalue weighted by molar-refractivity contribution is 5.86. The minimum absolute atomic E-state index is 0.0180. The van der Waals surface area contributed by atoms with Crippen molar-refractivity contribution in [1.29, 1.82) is 0 Å². The second-order valence-electron chi connectivity index (χ2n) is 7.30. The van der Waals surface area contributed by atoms with E-state index in [2.05, 4.69) is 11.9 Å². The Morgan fingerprint density at radius 2 is 1.94 bits per heavy atom. The fourth-order valence-electron chi connectivity index (χ4n) is 3.29. The van der Waals surface area contributed by atoms with E-state index in [1.165, 1.54) is 15.9 Å². The van der Waals surface area contributed by atoms with E-state index < -0.39 is 30.6 Å². The van der Waals surface area contributed by atoms with Gasteiger partial charge in [0.25, 0.3) is 0 Å². The van der Waals surface area contributed by atoms with Crippen LogP contribution in [0.2, 0.25) is 0 Å². The Kier molecular flexibility index (Phi) is 10.0. The van der Waals surface area contributed by atoms with Gasteiger partial charge < -0.3 is 24.8 Å². The molecule has 174 valence electrons. The predicted molar refractivity (Wildman–Crippen MR) is 115 cm³/mol. The molecule has 10 nitrogen and oxygen atoms in total. The van der Waals surface area contributed by atoms with Crippen LogP contribution in [0.5, 0.6) is 0 Å². The van der Waals surface area contributed by atoms with Crippen LogP contribution in [0.1, 0.15) is 24.8 Å². The van der Waals surface area contributed by atoms with Gasteiger partial charge in [0, 0.05) is 13.1 Å². The van der Waals surface area contributed by atoms with Gasteiger partial charge in [0.15, 0.2) is 0 Å². The Hall–Kier alpha value is -3.56. The summed E-state index contributed by atoms with van der Waals surface area (Å²) in [6.45, 7) is 3.54. The molecule has 1 aliphatic heterocycles. The number of carboxylic acids is 1. The molecule has 0 radical (unpaired) electrons. The molecular formula is C22H29N3O7. The number of nitrogens with one attached hydrogen (secondary N) is 1. The first kappa shape index (κ1) is 24.7. The highest BCUT2D eigenvalue weighted by atomic mass is 16.6. The molecule has 1 atom stereocenters. The average molecular weight is 447 g/mol. The Balaban J connectivity index is 1.77. The lowest BCUT2D eigenvalue weighted by molar-refractivity contribution is -0.148. The summed E-state index contributed by atoms with van der Waals surface area (Å²) in [6, 6.07) is 8.96. The Morgan fingerprint density at radius 1 is 1.19 bits per heavy atom. The molecule has 0 aromatic heterocycles. The third kappa shape index (κ3) is 8.29. The third-order valence-corrected chi connectivity index (χ3v) is 4.86. The SMILES string of the molecule is C=CCOC(=O)N1CC(=O)N(CC(=O)O)C[C@@H]1CCCCNC(=O)OCc1ccccc1. The summed E-state index contributed by atoms with van der Waals surface area (Å²) in [6.07, 6.45) is 2.06. The summed E-state index contributed by atoms with van der Waals surface area (Å²) in [5.74, 6) is -1.56. The molecule has 2 N–H and O–H groups in total. The molecule has 1 saturated heterocycles. The zero-order valence-corrected chi connectivity index (χ0v) is 17.9. The first-order valence-electron chi connectivity index (χ1n) is 10.4. The quantitative estimate of drug-likeness (QED) is 0.393. The van der Waals surface area contributed by atoms with Crippen molar-refractivity contribution in [2.45, 2.75) is 31.9 Å². The lowest BCUT2D eigenvalue weighted by Gasteiger charge is -2.39. The molecule has 0 aliphatic carbocycles. The van der Waals surface area contributed by atoms with Crippen molar-refractivity contribution >= 4 is 24.1 Å². The van der Waals surface area contributed by atoms with E-state index in [0.717, 1.165) is 5.56 Å². The summed E-state index contributed by atoms with van der Waals surface area (Å²) < 4.78 is 10.2. The van der Waals surface area contributed by atoms with E-state index in [9.17, 15) is 19.2 Å². The molecule has 0 saturated carbocycles. The zero-order valence-electron chi connectivity index (χ0n) is 17.9. The molecule has 3 amide bonds. The molecule has 1 fully saturated rings. The number of unbranched alkanes of at least 4 members (excludes halogenated alkanes) is 1. The topological polar surface area (TPSA) is 125 Å². The number of benzene rings is 1. The van der Waals surface area contributed by atoms with Gasteiger partial charge in [0.1, 0.15) is 26.3 Å². The van der Waals surface area contributed by atoms with Gasteiger partial charge in [-0.1, -0.05) is 43.0 Å². The van der Waals surface area contributed by atoms with Crippen molar-refractivity contribution in [3.8, 4) is 0 Å². The first-order chi connectivity index (χ1) is 15.4. The number of ether oxygens (including phenoxy) is 2. The number of hydrogen-bond donors (Lipinski definition) is 2. The maximum Gasteiger partial charge on any atom is 0.410 e. The van der Waals surface area contributed by atoms with Gasteiger partial charge in [0.05, 0.1) is 6.04 Å². The van der Waals surface area contributed by atoms with E-state index in [1.807, 2.05) is 30.3 Å². The maximum atomic E-state index is 12.3. The van der Waals surface area contributed by atoms with Crippen LogP contribution >= 0.6 is 0 Å². The van der Waals surface area contributed by atoms with Crippen molar-refractivity contribution in [3.63, 3.8) is 0 Å². The molecule has 0 bridgehead atoms. The molecule has 2 rings (SSSR count). The van der Waals surface area contributed by atoms with Crippen molar-refractivity contribution < 1.29 is 33.8 Å². The van der Waals surface area contributed by atoms with Crippen molar-refractivity contribution in [2.75, 3.05) is 32.8 Å². The highest BCUT2D eigenvalue weighted by Crippen LogP contribution is 2.17. The van der Waals surface area contributed by atoms with Crippen molar-refractivity contribution in [3.05, 3.63) is 48.6 Å². The standard InChI is InChI=1S/C22H29N3O7/c1-2-12-31-22(30)25-14-19(26)24(15-20(27)28)13-18(25)10-6-7-11-23-21(29)32-16-17-8-4-3-5-9-17/h2-5,8-9,18H,1,6-7,10-16H2,(H,23,29)(H,27,28)/t18-/m0/s1. The molecule has 1 heterocycles. The summed E-state index contributed by atoms with van der Waals surface area (Å²) in [4.78, 5) is 49.9. The van der Waals surface area contributed by atoms with Crippen LogP contribution in [0.4, 0.5) is 9.59 Å². The summed E-state index contributed by atoms with van der Waals surface area (Å²) in [5.41, 5.74) is 0.892. The Morgan fingerprint density at radius 3 is 2.62 bits per heavy atom. The van der Waals surface area contributed by atoms with Crippen LogP contribution in [0.25, 0.3) is 0 Å². The van der Waals surface area contributed by atoms with Crippen LogP contribution in [-0.2, 0) is 25.7 Å². The third-order valence-electron chi connectivity index (χ3n) is 4.86. The molecule has 32 heavy (non-hydrogen) atoms. The zero-order chi connectivity index (χ0) is 23.3. The molecule has 1 aromatic carbocycles. The van der Waals surface area contributed by atoms with Crippen LogP contribution in [0.3, 0.4) is 0 Å². The Bertz CT molecular complexity index is 800. The smallest absolute Gasteiger partial charge is 0.410 e. The van der Waals surface area contributed by atoms with E-state index in [1.54, 1.807) is 0 Å². The number of nitrogens with zero attached hydrogens (tertiary/aromatic N) is 2. The Labute approximate surface area is 186 Å². The predicted octanol–water partition coefficient (Wildman–Crippen LogP) is 2.00. The fourth-order valence-corrected chi connectivity index (χ4v) is 3.29. The van der Waals surface area contributed by atoms with E-state index >= 15 is 0 Å². The normalized spacial score (nSPS) is 15.8. The van der Waals surface area contributed by atoms with E-state index in [4.69, 9.17) is 14.6 Å². The number of amides is 3. The monoisotopic (exact) mass is 447 g/mol. The van der Waals surface area contributed by atoms with Gasteiger partial charge in [-0.15, -0.1) is 0 Å². The number of hydrogen-bond acceptors (Lipinski definition) is 6. The van der Waals surface area contributed by atoms with Gasteiger partial charge in [0.2, 0.25) is 5.91 Å². The molecule has 10 heteroatoms. The summed E-state index contributed by atoms with van der Waals surface area (Å²) >= 11 is 0. The van der Waals surface area contributed by atoms with Crippen LogP contribution in [0, 0.1) is 0 Å². The van der Waals surface area contributed by atoms with Gasteiger partial charge in [-0.25, -0.2) is 9.59 Å². The lowest BCUT2D eigenvalue weighted by atomic mass is 10.0. The number of carbonyl (C=O) groups excluding carboxylic acids is 3. The largest absolute Gasteiger partial charge is 0.480 e. The van der Waals surface area contributed by atoms with Crippen molar-refractivity contribution in [1.82, 2.24) is 15.1 Å². The average Bonchev–Trinajstić information content (AvgIpc) is 2.78. The molecule has 0 unspecified atom stereocenters. The summed E-state index contributed by atoms with van der Waals surface area (Å²) in [7, 11) is 0. The van der Waals surface area contributed by atoms with Gasteiger partial charge in [-0.3, -0.25) is 14.5 Å².